The quantitative estimate of drug-likeness (QED) is 0.700. The second-order valence-corrected chi connectivity index (χ2v) is 6.57. The van der Waals surface area contributed by atoms with Crippen LogP contribution in [0.2, 0.25) is 0 Å². The maximum Gasteiger partial charge on any atom is 0.274 e. The Balaban J connectivity index is 2.09. The second-order valence-electron chi connectivity index (χ2n) is 5.72. The number of carbonyl (C=O) groups is 1. The number of pyridine rings is 1. The molecule has 0 aliphatic rings. The Bertz CT molecular complexity index is 918. The first kappa shape index (κ1) is 16.5. The van der Waals surface area contributed by atoms with Crippen LogP contribution in [0.4, 0.5) is 5.69 Å². The molecule has 0 spiro atoms. The van der Waals surface area contributed by atoms with Crippen molar-refractivity contribution in [3.63, 3.8) is 0 Å². The number of hydrogen-bond donors (Lipinski definition) is 2. The molecule has 2 aromatic heterocycles. The zero-order chi connectivity index (χ0) is 17.3. The van der Waals surface area contributed by atoms with E-state index in [1.807, 2.05) is 23.6 Å². The summed E-state index contributed by atoms with van der Waals surface area (Å²) >= 11 is 3.52. The van der Waals surface area contributed by atoms with E-state index in [-0.39, 0.29) is 11.7 Å². The molecular weight excluding hydrogens is 370 g/mol. The molecule has 0 saturated carbocycles. The van der Waals surface area contributed by atoms with E-state index in [0.29, 0.717) is 11.4 Å². The Labute approximate surface area is 148 Å². The zero-order valence-electron chi connectivity index (χ0n) is 13.5. The number of anilines is 1. The minimum atomic E-state index is -0.242. The maximum absolute atomic E-state index is 12.8. The highest BCUT2D eigenvalue weighted by Gasteiger charge is 2.20. The van der Waals surface area contributed by atoms with Crippen molar-refractivity contribution >= 4 is 33.2 Å². The number of aromatic nitrogens is 2. The van der Waals surface area contributed by atoms with Gasteiger partial charge in [-0.25, -0.2) is 4.98 Å². The number of hydrogen-bond acceptors (Lipinski definition) is 3. The number of aryl methyl sites for hydroxylation is 2. The number of fused-ring (bicyclic) bond motifs is 1. The predicted octanol–water partition coefficient (Wildman–Crippen LogP) is 4.32. The van der Waals surface area contributed by atoms with Gasteiger partial charge in [0.05, 0.1) is 10.2 Å². The number of carbonyl (C=O) groups excluding carboxylic acids is 1. The number of halogens is 1. The molecular formula is C18H18BrN3O2. The summed E-state index contributed by atoms with van der Waals surface area (Å²) in [5.41, 5.74) is 3.59. The average molecular weight is 388 g/mol. The van der Waals surface area contributed by atoms with Crippen LogP contribution in [0.25, 0.3) is 5.65 Å². The van der Waals surface area contributed by atoms with Crippen LogP contribution < -0.4 is 5.32 Å². The topological polar surface area (TPSA) is 66.6 Å². The largest absolute Gasteiger partial charge is 0.508 e. The van der Waals surface area contributed by atoms with Gasteiger partial charge in [0, 0.05) is 18.0 Å². The van der Waals surface area contributed by atoms with Crippen LogP contribution in [0.5, 0.6) is 5.75 Å². The molecule has 0 bridgehead atoms. The van der Waals surface area contributed by atoms with E-state index in [1.165, 1.54) is 6.07 Å². The molecule has 1 aromatic carbocycles. The number of aromatic hydroxyl groups is 1. The lowest BCUT2D eigenvalue weighted by Gasteiger charge is -2.08. The molecule has 0 fully saturated rings. The van der Waals surface area contributed by atoms with Crippen LogP contribution in [0.1, 0.15) is 35.1 Å². The molecule has 1 amide bonds. The Morgan fingerprint density at radius 3 is 2.88 bits per heavy atom. The molecule has 0 radical (unpaired) electrons. The van der Waals surface area contributed by atoms with Gasteiger partial charge in [-0.05, 0) is 53.0 Å². The second kappa shape index (κ2) is 6.65. The van der Waals surface area contributed by atoms with E-state index in [1.54, 1.807) is 18.2 Å². The molecule has 3 rings (SSSR count). The van der Waals surface area contributed by atoms with Gasteiger partial charge in [-0.1, -0.05) is 19.4 Å². The number of benzene rings is 1. The van der Waals surface area contributed by atoms with E-state index < -0.39 is 0 Å². The Morgan fingerprint density at radius 2 is 2.17 bits per heavy atom. The van der Waals surface area contributed by atoms with Crippen LogP contribution in [-0.4, -0.2) is 20.4 Å². The Morgan fingerprint density at radius 1 is 1.38 bits per heavy atom. The molecule has 2 N–H and O–H groups in total. The van der Waals surface area contributed by atoms with Crippen molar-refractivity contribution in [2.24, 2.45) is 0 Å². The fourth-order valence-corrected chi connectivity index (χ4v) is 3.35. The first-order chi connectivity index (χ1) is 11.5. The highest BCUT2D eigenvalue weighted by molar-refractivity contribution is 9.10. The van der Waals surface area contributed by atoms with Crippen LogP contribution in [-0.2, 0) is 6.42 Å². The summed E-state index contributed by atoms with van der Waals surface area (Å²) in [7, 11) is 0. The first-order valence-corrected chi connectivity index (χ1v) is 8.56. The summed E-state index contributed by atoms with van der Waals surface area (Å²) in [6.07, 6.45) is 3.52. The Kier molecular flexibility index (Phi) is 4.57. The third-order valence-electron chi connectivity index (χ3n) is 3.69. The number of imidazole rings is 1. The van der Waals surface area contributed by atoms with Gasteiger partial charge in [0.25, 0.3) is 5.91 Å². The van der Waals surface area contributed by atoms with E-state index in [0.717, 1.165) is 34.2 Å². The molecule has 124 valence electrons. The lowest BCUT2D eigenvalue weighted by Crippen LogP contribution is -2.16. The third kappa shape index (κ3) is 3.14. The fraction of sp³-hybridized carbons (Fsp3) is 0.222. The van der Waals surface area contributed by atoms with Crippen molar-refractivity contribution in [2.75, 3.05) is 5.32 Å². The molecule has 0 atom stereocenters. The number of nitrogens with one attached hydrogen (secondary N) is 1. The van der Waals surface area contributed by atoms with Gasteiger partial charge in [-0.3, -0.25) is 9.20 Å². The molecule has 0 aliphatic carbocycles. The summed E-state index contributed by atoms with van der Waals surface area (Å²) < 4.78 is 2.68. The van der Waals surface area contributed by atoms with Gasteiger partial charge in [0.15, 0.2) is 5.65 Å². The van der Waals surface area contributed by atoms with Crippen LogP contribution in [0, 0.1) is 6.92 Å². The number of phenols is 1. The van der Waals surface area contributed by atoms with Gasteiger partial charge >= 0.3 is 0 Å². The van der Waals surface area contributed by atoms with Crippen molar-refractivity contribution in [3.8, 4) is 5.75 Å². The van der Waals surface area contributed by atoms with Crippen molar-refractivity contribution in [1.29, 1.82) is 0 Å². The molecule has 3 aromatic rings. The first-order valence-electron chi connectivity index (χ1n) is 7.77. The minimum absolute atomic E-state index is 0.110. The SMILES string of the molecule is CCCc1nc2c(Br)cc(C)cn2c1C(=O)Nc1cccc(O)c1. The molecule has 0 unspecified atom stereocenters. The van der Waals surface area contributed by atoms with Crippen molar-refractivity contribution in [1.82, 2.24) is 9.38 Å². The van der Waals surface area contributed by atoms with E-state index in [9.17, 15) is 9.90 Å². The van der Waals surface area contributed by atoms with Crippen molar-refractivity contribution in [2.45, 2.75) is 26.7 Å². The third-order valence-corrected chi connectivity index (χ3v) is 4.27. The van der Waals surface area contributed by atoms with Crippen molar-refractivity contribution < 1.29 is 9.90 Å². The van der Waals surface area contributed by atoms with Gasteiger partial charge in [-0.2, -0.15) is 0 Å². The molecule has 0 aliphatic heterocycles. The lowest BCUT2D eigenvalue weighted by atomic mass is 10.2. The molecule has 0 saturated heterocycles. The van der Waals surface area contributed by atoms with Crippen LogP contribution >= 0.6 is 15.9 Å². The fourth-order valence-electron chi connectivity index (χ4n) is 2.70. The summed E-state index contributed by atoms with van der Waals surface area (Å²) in [4.78, 5) is 17.5. The average Bonchev–Trinajstić information content (AvgIpc) is 2.86. The van der Waals surface area contributed by atoms with E-state index in [2.05, 4.69) is 33.2 Å². The van der Waals surface area contributed by atoms with Gasteiger partial charge in [0.1, 0.15) is 11.4 Å². The standard InChI is InChI=1S/C18H18BrN3O2/c1-3-5-15-16(18(24)20-12-6-4-7-13(23)9-12)22-10-11(2)8-14(19)17(22)21-15/h4,6-10,23H,3,5H2,1-2H3,(H,20,24). The van der Waals surface area contributed by atoms with Crippen LogP contribution in [0.15, 0.2) is 41.0 Å². The number of nitrogens with zero attached hydrogens (tertiary/aromatic N) is 2. The molecule has 24 heavy (non-hydrogen) atoms. The van der Waals surface area contributed by atoms with Gasteiger partial charge < -0.3 is 10.4 Å². The van der Waals surface area contributed by atoms with E-state index >= 15 is 0 Å². The summed E-state index contributed by atoms with van der Waals surface area (Å²) in [6.45, 7) is 4.03. The lowest BCUT2D eigenvalue weighted by molar-refractivity contribution is 0.102. The summed E-state index contributed by atoms with van der Waals surface area (Å²) in [5.74, 6) is -0.132. The molecule has 2 heterocycles. The molecule has 6 heteroatoms. The maximum atomic E-state index is 12.8. The predicted molar refractivity (Wildman–Crippen MR) is 97.7 cm³/mol. The van der Waals surface area contributed by atoms with Gasteiger partial charge in [-0.15, -0.1) is 0 Å². The number of amides is 1. The van der Waals surface area contributed by atoms with Gasteiger partial charge in [0.2, 0.25) is 0 Å². The zero-order valence-corrected chi connectivity index (χ0v) is 15.1. The van der Waals surface area contributed by atoms with E-state index in [4.69, 9.17) is 0 Å². The highest BCUT2D eigenvalue weighted by Crippen LogP contribution is 2.24. The number of phenolic OH excluding ortho intramolecular Hbond substituents is 1. The van der Waals surface area contributed by atoms with Crippen molar-refractivity contribution in [3.05, 3.63) is 58.0 Å². The summed E-state index contributed by atoms with van der Waals surface area (Å²) in [6, 6.07) is 8.48. The minimum Gasteiger partial charge on any atom is -0.508 e. The Hall–Kier alpha value is -2.34. The monoisotopic (exact) mass is 387 g/mol. The van der Waals surface area contributed by atoms with Crippen LogP contribution in [0.3, 0.4) is 0 Å². The molecule has 5 nitrogen and oxygen atoms in total. The normalized spacial score (nSPS) is 11.0. The smallest absolute Gasteiger partial charge is 0.274 e. The number of rotatable bonds is 4. The summed E-state index contributed by atoms with van der Waals surface area (Å²) in [5, 5.41) is 12.4. The highest BCUT2D eigenvalue weighted by atomic mass is 79.9.